The van der Waals surface area contributed by atoms with Gasteiger partial charge in [-0.2, -0.15) is 0 Å². The van der Waals surface area contributed by atoms with Gasteiger partial charge in [-0.05, 0) is 19.1 Å². The van der Waals surface area contributed by atoms with Crippen molar-refractivity contribution in [1.29, 1.82) is 0 Å². The second kappa shape index (κ2) is 8.38. The molecular formula is C15H16N2O4. The molecule has 1 aromatic rings. The normalized spacial score (nSPS) is 9.05. The second-order valence-corrected chi connectivity index (χ2v) is 3.83. The molecule has 0 aliphatic carbocycles. The second-order valence-electron chi connectivity index (χ2n) is 3.83. The molecule has 6 heteroatoms. The maximum atomic E-state index is 11.6. The third-order valence-corrected chi connectivity index (χ3v) is 2.42. The van der Waals surface area contributed by atoms with Crippen LogP contribution in [0.2, 0.25) is 0 Å². The maximum absolute atomic E-state index is 11.6. The summed E-state index contributed by atoms with van der Waals surface area (Å²) in [6.45, 7) is 1.73. The molecule has 0 saturated heterocycles. The molecule has 110 valence electrons. The van der Waals surface area contributed by atoms with E-state index in [0.717, 1.165) is 0 Å². The van der Waals surface area contributed by atoms with Gasteiger partial charge in [0, 0.05) is 12.6 Å². The molecule has 0 aromatic heterocycles. The predicted molar refractivity (Wildman–Crippen MR) is 76.4 cm³/mol. The van der Waals surface area contributed by atoms with Crippen LogP contribution in [0.5, 0.6) is 0 Å². The van der Waals surface area contributed by atoms with Crippen molar-refractivity contribution >= 4 is 17.8 Å². The highest BCUT2D eigenvalue weighted by atomic mass is 16.5. The number of rotatable bonds is 3. The number of esters is 1. The summed E-state index contributed by atoms with van der Waals surface area (Å²) in [7, 11) is 1.53. The molecule has 0 unspecified atom stereocenters. The number of ether oxygens (including phenoxy) is 1. The first-order valence-electron chi connectivity index (χ1n) is 6.35. The Morgan fingerprint density at radius 1 is 1.24 bits per heavy atom. The van der Waals surface area contributed by atoms with Crippen molar-refractivity contribution in [3.05, 3.63) is 35.4 Å². The zero-order valence-electron chi connectivity index (χ0n) is 11.9. The monoisotopic (exact) mass is 288 g/mol. The van der Waals surface area contributed by atoms with Crippen LogP contribution in [0.15, 0.2) is 24.3 Å². The van der Waals surface area contributed by atoms with Gasteiger partial charge in [0.25, 0.3) is 5.91 Å². The standard InChI is InChI=1S/C15H16N2O4/c1-3-21-15(20)14(19)17-10-6-8-11-7-4-5-9-12(11)13(18)16-2/h4-5,7,9H,3,10H2,1-2H3,(H,16,18)(H,17,19). The Labute approximate surface area is 122 Å². The smallest absolute Gasteiger partial charge is 0.396 e. The molecule has 0 atom stereocenters. The van der Waals surface area contributed by atoms with Crippen LogP contribution in [0.1, 0.15) is 22.8 Å². The van der Waals surface area contributed by atoms with Crippen LogP contribution >= 0.6 is 0 Å². The Hall–Kier alpha value is -2.81. The summed E-state index contributed by atoms with van der Waals surface area (Å²) in [4.78, 5) is 33.9. The molecule has 1 rings (SSSR count). The summed E-state index contributed by atoms with van der Waals surface area (Å²) in [5.74, 6) is 3.43. The average molecular weight is 288 g/mol. The van der Waals surface area contributed by atoms with Crippen LogP contribution in [0, 0.1) is 11.8 Å². The molecule has 0 aliphatic heterocycles. The lowest BCUT2D eigenvalue weighted by Crippen LogP contribution is -2.32. The van der Waals surface area contributed by atoms with Gasteiger partial charge in [0.2, 0.25) is 0 Å². The molecule has 0 aliphatic rings. The number of amides is 2. The Balaban J connectivity index is 2.66. The quantitative estimate of drug-likeness (QED) is 0.468. The number of hydrogen-bond donors (Lipinski definition) is 2. The Morgan fingerprint density at radius 3 is 2.62 bits per heavy atom. The zero-order valence-corrected chi connectivity index (χ0v) is 11.9. The summed E-state index contributed by atoms with van der Waals surface area (Å²) >= 11 is 0. The van der Waals surface area contributed by atoms with Gasteiger partial charge in [-0.3, -0.25) is 9.59 Å². The summed E-state index contributed by atoms with van der Waals surface area (Å²) in [6.07, 6.45) is 0. The number of benzene rings is 1. The fourth-order valence-electron chi connectivity index (χ4n) is 1.46. The molecule has 2 amide bonds. The van der Waals surface area contributed by atoms with Gasteiger partial charge >= 0.3 is 11.9 Å². The van der Waals surface area contributed by atoms with Crippen molar-refractivity contribution in [2.75, 3.05) is 20.2 Å². The van der Waals surface area contributed by atoms with Crippen LogP contribution in [0.4, 0.5) is 0 Å². The van der Waals surface area contributed by atoms with Crippen molar-refractivity contribution in [1.82, 2.24) is 10.6 Å². The molecule has 0 fully saturated rings. The summed E-state index contributed by atoms with van der Waals surface area (Å²) in [5.41, 5.74) is 0.992. The van der Waals surface area contributed by atoms with Crippen molar-refractivity contribution < 1.29 is 19.1 Å². The number of nitrogens with one attached hydrogen (secondary N) is 2. The van der Waals surface area contributed by atoms with Crippen LogP contribution in [-0.4, -0.2) is 38.0 Å². The largest absolute Gasteiger partial charge is 0.459 e. The van der Waals surface area contributed by atoms with E-state index >= 15 is 0 Å². The Morgan fingerprint density at radius 2 is 1.95 bits per heavy atom. The van der Waals surface area contributed by atoms with E-state index in [1.165, 1.54) is 7.05 Å². The Kier molecular flexibility index (Phi) is 6.48. The van der Waals surface area contributed by atoms with Gasteiger partial charge in [0.05, 0.1) is 18.7 Å². The Bertz CT molecular complexity index is 599. The minimum absolute atomic E-state index is 0.0142. The molecule has 21 heavy (non-hydrogen) atoms. The number of carbonyl (C=O) groups excluding carboxylic acids is 3. The average Bonchev–Trinajstić information content (AvgIpc) is 2.51. The van der Waals surface area contributed by atoms with Crippen LogP contribution in [-0.2, 0) is 14.3 Å². The molecule has 0 radical (unpaired) electrons. The molecule has 0 saturated carbocycles. The summed E-state index contributed by atoms with van der Waals surface area (Å²) < 4.78 is 4.53. The molecule has 0 spiro atoms. The highest BCUT2D eigenvalue weighted by Gasteiger charge is 2.12. The fraction of sp³-hybridized carbons (Fsp3) is 0.267. The van der Waals surface area contributed by atoms with E-state index in [9.17, 15) is 14.4 Å². The van der Waals surface area contributed by atoms with E-state index in [1.807, 2.05) is 0 Å². The number of hydrogen-bond acceptors (Lipinski definition) is 4. The first-order valence-corrected chi connectivity index (χ1v) is 6.35. The van der Waals surface area contributed by atoms with Gasteiger partial charge in [0.1, 0.15) is 0 Å². The van der Waals surface area contributed by atoms with E-state index in [1.54, 1.807) is 31.2 Å². The van der Waals surface area contributed by atoms with E-state index in [4.69, 9.17) is 0 Å². The van der Waals surface area contributed by atoms with Gasteiger partial charge in [-0.1, -0.05) is 24.0 Å². The maximum Gasteiger partial charge on any atom is 0.396 e. The molecular weight excluding hydrogens is 272 g/mol. The van der Waals surface area contributed by atoms with E-state index in [-0.39, 0.29) is 19.1 Å². The first kappa shape index (κ1) is 16.2. The lowest BCUT2D eigenvalue weighted by atomic mass is 10.1. The summed E-state index contributed by atoms with van der Waals surface area (Å²) in [6, 6.07) is 6.84. The predicted octanol–water partition coefficient (Wildman–Crippen LogP) is 0.0770. The zero-order chi connectivity index (χ0) is 15.7. The first-order chi connectivity index (χ1) is 10.1. The minimum atomic E-state index is -0.940. The van der Waals surface area contributed by atoms with Gasteiger partial charge in [0.15, 0.2) is 0 Å². The third-order valence-electron chi connectivity index (χ3n) is 2.42. The van der Waals surface area contributed by atoms with E-state index in [2.05, 4.69) is 27.2 Å². The highest BCUT2D eigenvalue weighted by Crippen LogP contribution is 2.06. The van der Waals surface area contributed by atoms with E-state index < -0.39 is 11.9 Å². The molecule has 0 bridgehead atoms. The topological polar surface area (TPSA) is 84.5 Å². The fourth-order valence-corrected chi connectivity index (χ4v) is 1.46. The SMILES string of the molecule is CCOC(=O)C(=O)NCC#Cc1ccccc1C(=O)NC. The van der Waals surface area contributed by atoms with Crippen molar-refractivity contribution in [2.45, 2.75) is 6.92 Å². The lowest BCUT2D eigenvalue weighted by Gasteiger charge is -2.02. The van der Waals surface area contributed by atoms with E-state index in [0.29, 0.717) is 11.1 Å². The van der Waals surface area contributed by atoms with Gasteiger partial charge in [-0.25, -0.2) is 4.79 Å². The highest BCUT2D eigenvalue weighted by molar-refractivity contribution is 6.32. The van der Waals surface area contributed by atoms with Crippen molar-refractivity contribution in [2.24, 2.45) is 0 Å². The van der Waals surface area contributed by atoms with Crippen molar-refractivity contribution in [3.63, 3.8) is 0 Å². The van der Waals surface area contributed by atoms with Crippen molar-refractivity contribution in [3.8, 4) is 11.8 Å². The molecule has 1 aromatic carbocycles. The van der Waals surface area contributed by atoms with Crippen LogP contribution < -0.4 is 10.6 Å². The van der Waals surface area contributed by atoms with Crippen LogP contribution in [0.3, 0.4) is 0 Å². The minimum Gasteiger partial charge on any atom is -0.459 e. The number of carbonyl (C=O) groups is 3. The molecule has 2 N–H and O–H groups in total. The third kappa shape index (κ3) is 4.99. The molecule has 6 nitrogen and oxygen atoms in total. The van der Waals surface area contributed by atoms with Gasteiger partial charge in [-0.15, -0.1) is 0 Å². The molecule has 0 heterocycles. The lowest BCUT2D eigenvalue weighted by molar-refractivity contribution is -0.154. The van der Waals surface area contributed by atoms with Gasteiger partial charge < -0.3 is 15.4 Å². The van der Waals surface area contributed by atoms with Crippen LogP contribution in [0.25, 0.3) is 0 Å². The summed E-state index contributed by atoms with van der Waals surface area (Å²) in [5, 5.41) is 4.83.